The van der Waals surface area contributed by atoms with E-state index in [1.807, 2.05) is 13.0 Å². The predicted octanol–water partition coefficient (Wildman–Crippen LogP) is 5.95. The normalized spacial score (nSPS) is 14.2. The van der Waals surface area contributed by atoms with Crippen LogP contribution in [0.2, 0.25) is 0 Å². The second-order valence-corrected chi connectivity index (χ2v) is 7.32. The molecule has 0 aromatic heterocycles. The zero-order valence-electron chi connectivity index (χ0n) is 15.2. The molecule has 0 saturated heterocycles. The van der Waals surface area contributed by atoms with Crippen LogP contribution < -0.4 is 0 Å². The number of carbonyl (C=O) groups is 1. The molecular formula is C19H34Cl2O3. The number of rotatable bonds is 15. The van der Waals surface area contributed by atoms with Gasteiger partial charge in [0.05, 0.1) is 0 Å². The molecule has 0 aliphatic heterocycles. The Balaban J connectivity index is 3.72. The number of hydrogen-bond acceptors (Lipinski definition) is 3. The fourth-order valence-corrected chi connectivity index (χ4v) is 2.63. The quantitative estimate of drug-likeness (QED) is 0.165. The lowest BCUT2D eigenvalue weighted by Crippen LogP contribution is -2.31. The molecule has 5 heteroatoms. The molecule has 0 aliphatic rings. The van der Waals surface area contributed by atoms with Crippen molar-refractivity contribution in [3.05, 3.63) is 12.2 Å². The second-order valence-electron chi connectivity index (χ2n) is 6.22. The van der Waals surface area contributed by atoms with Gasteiger partial charge in [-0.15, -0.1) is 0 Å². The van der Waals surface area contributed by atoms with Gasteiger partial charge in [0.2, 0.25) is 4.84 Å². The number of allylic oxidation sites excluding steroid dienone is 1. The van der Waals surface area contributed by atoms with Crippen LogP contribution in [0.25, 0.3) is 0 Å². The molecule has 0 aromatic carbocycles. The van der Waals surface area contributed by atoms with Gasteiger partial charge in [0, 0.05) is 0 Å². The first kappa shape index (κ1) is 23.8. The highest BCUT2D eigenvalue weighted by atomic mass is 35.5. The number of hydrogen-bond donors (Lipinski definition) is 1. The fraction of sp³-hybridized carbons (Fsp3) is 0.842. The number of unbranched alkanes of at least 4 members (excludes halogenated alkanes) is 9. The predicted molar refractivity (Wildman–Crippen MR) is 103 cm³/mol. The Hall–Kier alpha value is -0.250. The van der Waals surface area contributed by atoms with Crippen molar-refractivity contribution in [2.24, 2.45) is 0 Å². The maximum Gasteiger partial charge on any atom is 0.339 e. The largest absolute Gasteiger partial charge is 0.457 e. The van der Waals surface area contributed by atoms with Gasteiger partial charge >= 0.3 is 5.97 Å². The van der Waals surface area contributed by atoms with Gasteiger partial charge in [0.25, 0.3) is 0 Å². The number of esters is 1. The molecule has 0 amide bonds. The van der Waals surface area contributed by atoms with Gasteiger partial charge < -0.3 is 9.84 Å². The van der Waals surface area contributed by atoms with Crippen molar-refractivity contribution in [2.75, 3.05) is 0 Å². The molecule has 1 N–H and O–H groups in total. The van der Waals surface area contributed by atoms with Gasteiger partial charge in [-0.25, -0.2) is 4.79 Å². The van der Waals surface area contributed by atoms with Gasteiger partial charge in [-0.2, -0.15) is 0 Å². The van der Waals surface area contributed by atoms with E-state index in [0.29, 0.717) is 6.42 Å². The third kappa shape index (κ3) is 13.1. The number of ether oxygens (including phenoxy) is 1. The Morgan fingerprint density at radius 1 is 1.00 bits per heavy atom. The van der Waals surface area contributed by atoms with Crippen LogP contribution >= 0.6 is 23.2 Å². The van der Waals surface area contributed by atoms with Crippen molar-refractivity contribution in [1.29, 1.82) is 0 Å². The van der Waals surface area contributed by atoms with Crippen molar-refractivity contribution in [3.8, 4) is 0 Å². The summed E-state index contributed by atoms with van der Waals surface area (Å²) in [4.78, 5) is 10.1. The molecule has 0 spiro atoms. The van der Waals surface area contributed by atoms with Crippen LogP contribution in [0.1, 0.15) is 84.5 Å². The Bertz CT molecular complexity index is 333. The van der Waals surface area contributed by atoms with Crippen LogP contribution in [0.3, 0.4) is 0 Å². The highest BCUT2D eigenvalue weighted by Gasteiger charge is 2.22. The molecule has 24 heavy (non-hydrogen) atoms. The first-order valence-corrected chi connectivity index (χ1v) is 10.2. The Labute approximate surface area is 157 Å². The zero-order chi connectivity index (χ0) is 18.2. The lowest BCUT2D eigenvalue weighted by molar-refractivity contribution is -0.151. The monoisotopic (exact) mass is 380 g/mol. The van der Waals surface area contributed by atoms with Gasteiger partial charge in [-0.1, -0.05) is 101 Å². The summed E-state index contributed by atoms with van der Waals surface area (Å²) in [6.45, 7) is 4.08. The molecule has 0 rings (SSSR count). The molecule has 142 valence electrons. The van der Waals surface area contributed by atoms with Crippen molar-refractivity contribution >= 4 is 29.2 Å². The Kier molecular flexibility index (Phi) is 16.1. The SMILES string of the molecule is CCCCCCCCCCC/C=C/C(O)C(CC)OC(=O)C(Cl)Cl. The van der Waals surface area contributed by atoms with E-state index in [9.17, 15) is 9.90 Å². The standard InChI is InChI=1S/C19H34Cl2O3/c1-3-5-6-7-8-9-10-11-12-13-14-15-16(22)17(4-2)24-19(23)18(20)21/h14-18,22H,3-13H2,1-2H3/b15-14+. The van der Waals surface area contributed by atoms with E-state index in [1.54, 1.807) is 6.08 Å². The van der Waals surface area contributed by atoms with Gasteiger partial charge in [-0.3, -0.25) is 0 Å². The summed E-state index contributed by atoms with van der Waals surface area (Å²) in [6.07, 6.45) is 15.4. The van der Waals surface area contributed by atoms with Gasteiger partial charge in [0.15, 0.2) is 0 Å². The Morgan fingerprint density at radius 2 is 1.54 bits per heavy atom. The van der Waals surface area contributed by atoms with E-state index in [4.69, 9.17) is 27.9 Å². The molecule has 0 saturated carbocycles. The molecule has 3 nitrogen and oxygen atoms in total. The van der Waals surface area contributed by atoms with Crippen LogP contribution in [-0.4, -0.2) is 28.1 Å². The zero-order valence-corrected chi connectivity index (χ0v) is 16.7. The lowest BCUT2D eigenvalue weighted by Gasteiger charge is -2.19. The smallest absolute Gasteiger partial charge is 0.339 e. The Morgan fingerprint density at radius 3 is 2.04 bits per heavy atom. The molecule has 0 fully saturated rings. The molecule has 0 radical (unpaired) electrons. The highest BCUT2D eigenvalue weighted by molar-refractivity contribution is 6.52. The number of alkyl halides is 2. The van der Waals surface area contributed by atoms with Crippen LogP contribution in [0, 0.1) is 0 Å². The summed E-state index contributed by atoms with van der Waals surface area (Å²) in [5, 5.41) is 10.0. The van der Waals surface area contributed by atoms with E-state index >= 15 is 0 Å². The highest BCUT2D eigenvalue weighted by Crippen LogP contribution is 2.13. The number of aliphatic hydroxyl groups excluding tert-OH is 1. The third-order valence-corrected chi connectivity index (χ3v) is 4.39. The molecule has 2 atom stereocenters. The minimum absolute atomic E-state index is 0.510. The summed E-state index contributed by atoms with van der Waals surface area (Å²) < 4.78 is 5.07. The van der Waals surface area contributed by atoms with Crippen LogP contribution in [0.4, 0.5) is 0 Å². The van der Waals surface area contributed by atoms with Crippen molar-refractivity contribution < 1.29 is 14.6 Å². The molecule has 0 bridgehead atoms. The number of halogens is 2. The molecular weight excluding hydrogens is 347 g/mol. The summed E-state index contributed by atoms with van der Waals surface area (Å²) in [6, 6.07) is 0. The lowest BCUT2D eigenvalue weighted by atomic mass is 10.1. The van der Waals surface area contributed by atoms with E-state index in [1.165, 1.54) is 51.4 Å². The first-order chi connectivity index (χ1) is 11.5. The third-order valence-electron chi connectivity index (χ3n) is 4.04. The molecule has 2 unspecified atom stereocenters. The van der Waals surface area contributed by atoms with Crippen molar-refractivity contribution in [3.63, 3.8) is 0 Å². The second kappa shape index (κ2) is 16.2. The van der Waals surface area contributed by atoms with Gasteiger partial charge in [-0.05, 0) is 19.3 Å². The van der Waals surface area contributed by atoms with Crippen LogP contribution in [-0.2, 0) is 9.53 Å². The molecule has 0 heterocycles. The fourth-order valence-electron chi connectivity index (χ4n) is 2.53. The molecule has 0 aromatic rings. The summed E-state index contributed by atoms with van der Waals surface area (Å²) in [5.41, 5.74) is 0. The van der Waals surface area contributed by atoms with Crippen molar-refractivity contribution in [1.82, 2.24) is 0 Å². The van der Waals surface area contributed by atoms with Crippen molar-refractivity contribution in [2.45, 2.75) is 102 Å². The van der Waals surface area contributed by atoms with E-state index in [-0.39, 0.29) is 0 Å². The topological polar surface area (TPSA) is 46.5 Å². The summed E-state index contributed by atoms with van der Waals surface area (Å²) in [7, 11) is 0. The number of aliphatic hydroxyl groups is 1. The first-order valence-electron chi connectivity index (χ1n) is 9.36. The summed E-state index contributed by atoms with van der Waals surface area (Å²) in [5.74, 6) is -0.712. The minimum atomic E-state index is -1.21. The average Bonchev–Trinajstić information content (AvgIpc) is 2.56. The van der Waals surface area contributed by atoms with Crippen LogP contribution in [0.5, 0.6) is 0 Å². The maximum absolute atomic E-state index is 11.4. The van der Waals surface area contributed by atoms with E-state index in [2.05, 4.69) is 6.92 Å². The summed E-state index contributed by atoms with van der Waals surface area (Å²) >= 11 is 10.9. The molecule has 0 aliphatic carbocycles. The van der Waals surface area contributed by atoms with Gasteiger partial charge in [0.1, 0.15) is 12.2 Å². The minimum Gasteiger partial charge on any atom is -0.457 e. The van der Waals surface area contributed by atoms with Crippen LogP contribution in [0.15, 0.2) is 12.2 Å². The average molecular weight is 381 g/mol. The maximum atomic E-state index is 11.4. The van der Waals surface area contributed by atoms with E-state index < -0.39 is 23.0 Å². The van der Waals surface area contributed by atoms with E-state index in [0.717, 1.165) is 12.8 Å². The number of carbonyl (C=O) groups excluding carboxylic acids is 1.